The topological polar surface area (TPSA) is 61.2 Å². The van der Waals surface area contributed by atoms with Crippen LogP contribution in [0.4, 0.5) is 0 Å². The zero-order valence-corrected chi connectivity index (χ0v) is 12.8. The molecule has 0 aliphatic heterocycles. The number of thioether (sulfide) groups is 1. The Bertz CT molecular complexity index is 685. The molecule has 2 aromatic heterocycles. The van der Waals surface area contributed by atoms with Gasteiger partial charge in [-0.3, -0.25) is 4.79 Å². The fourth-order valence-electron chi connectivity index (χ4n) is 2.27. The third kappa shape index (κ3) is 2.05. The highest BCUT2D eigenvalue weighted by Gasteiger charge is 2.34. The number of carbonyl (C=O) groups is 2. The van der Waals surface area contributed by atoms with E-state index in [1.54, 1.807) is 18.7 Å². The molecule has 106 valence electrons. The summed E-state index contributed by atoms with van der Waals surface area (Å²) in [5, 5.41) is 0. The maximum absolute atomic E-state index is 12.2. The third-order valence-corrected chi connectivity index (χ3v) is 5.29. The van der Waals surface area contributed by atoms with Gasteiger partial charge in [0, 0.05) is 6.04 Å². The lowest BCUT2D eigenvalue weighted by Crippen LogP contribution is -2.13. The van der Waals surface area contributed by atoms with Gasteiger partial charge < -0.3 is 9.30 Å². The Kier molecular flexibility index (Phi) is 3.55. The highest BCUT2D eigenvalue weighted by molar-refractivity contribution is 8.00. The van der Waals surface area contributed by atoms with E-state index in [1.807, 2.05) is 10.8 Å². The van der Waals surface area contributed by atoms with Crippen molar-refractivity contribution >= 4 is 45.7 Å². The Morgan fingerprint density at radius 3 is 2.90 bits per heavy atom. The maximum atomic E-state index is 12.2. The summed E-state index contributed by atoms with van der Waals surface area (Å²) in [5.41, 5.74) is 1.53. The number of fused-ring (bicyclic) bond motifs is 1. The van der Waals surface area contributed by atoms with Gasteiger partial charge in [0.1, 0.15) is 5.69 Å². The number of nitrogens with zero attached hydrogens (tertiary/aromatic N) is 2. The lowest BCUT2D eigenvalue weighted by molar-refractivity contribution is 0.0512. The monoisotopic (exact) mass is 310 g/mol. The molecule has 0 amide bonds. The molecule has 1 fully saturated rings. The van der Waals surface area contributed by atoms with Crippen LogP contribution < -0.4 is 0 Å². The largest absolute Gasteiger partial charge is 0.461 e. The van der Waals surface area contributed by atoms with Crippen LogP contribution in [0.2, 0.25) is 0 Å². The van der Waals surface area contributed by atoms with Crippen LogP contribution in [0.1, 0.15) is 46.7 Å². The Balaban J connectivity index is 2.25. The highest BCUT2D eigenvalue weighted by Crippen LogP contribution is 2.43. The van der Waals surface area contributed by atoms with Crippen molar-refractivity contribution in [3.05, 3.63) is 11.3 Å². The van der Waals surface area contributed by atoms with Crippen LogP contribution in [0.25, 0.3) is 10.3 Å². The molecule has 3 rings (SSSR count). The minimum Gasteiger partial charge on any atom is -0.461 e. The van der Waals surface area contributed by atoms with E-state index in [9.17, 15) is 9.59 Å². The van der Waals surface area contributed by atoms with Crippen LogP contribution in [0.3, 0.4) is 0 Å². The Morgan fingerprint density at radius 2 is 2.35 bits per heavy atom. The van der Waals surface area contributed by atoms with Crippen LogP contribution in [0.5, 0.6) is 0 Å². The first-order valence-electron chi connectivity index (χ1n) is 6.42. The van der Waals surface area contributed by atoms with E-state index < -0.39 is 5.97 Å². The summed E-state index contributed by atoms with van der Waals surface area (Å²) in [7, 11) is 0. The summed E-state index contributed by atoms with van der Waals surface area (Å²) in [6.07, 6.45) is 4.73. The molecule has 0 saturated heterocycles. The van der Waals surface area contributed by atoms with Gasteiger partial charge >= 0.3 is 5.97 Å². The Labute approximate surface area is 124 Å². The van der Waals surface area contributed by atoms with Crippen molar-refractivity contribution in [3.63, 3.8) is 0 Å². The number of esters is 1. The summed E-state index contributed by atoms with van der Waals surface area (Å²) in [4.78, 5) is 28.2. The van der Waals surface area contributed by atoms with Crippen LogP contribution in [-0.4, -0.2) is 34.7 Å². The van der Waals surface area contributed by atoms with Crippen molar-refractivity contribution < 1.29 is 14.3 Å². The minimum absolute atomic E-state index is 0.266. The fraction of sp³-hybridized carbons (Fsp3) is 0.462. The molecule has 2 aromatic rings. The van der Waals surface area contributed by atoms with Crippen LogP contribution in [0.15, 0.2) is 4.34 Å². The van der Waals surface area contributed by atoms with Crippen molar-refractivity contribution in [2.45, 2.75) is 30.1 Å². The molecular weight excluding hydrogens is 296 g/mol. The summed E-state index contributed by atoms with van der Waals surface area (Å²) in [6, 6.07) is 0.266. The standard InChI is InChI=1S/C13H14N2O3S2/c1-3-18-12(17)9-8(6-16)10-11(14-13(19-2)20-10)15(9)7-4-5-7/h6-7H,3-5H2,1-2H3. The number of thiazole rings is 1. The van der Waals surface area contributed by atoms with Crippen molar-refractivity contribution in [1.29, 1.82) is 0 Å². The van der Waals surface area contributed by atoms with E-state index in [0.29, 0.717) is 17.9 Å². The van der Waals surface area contributed by atoms with Crippen LogP contribution in [0, 0.1) is 0 Å². The van der Waals surface area contributed by atoms with E-state index in [0.717, 1.165) is 33.8 Å². The number of carbonyl (C=O) groups excluding carboxylic acids is 2. The van der Waals surface area contributed by atoms with Crippen molar-refractivity contribution in [1.82, 2.24) is 9.55 Å². The van der Waals surface area contributed by atoms with Crippen LogP contribution in [-0.2, 0) is 4.74 Å². The maximum Gasteiger partial charge on any atom is 0.355 e. The van der Waals surface area contributed by atoms with Gasteiger partial charge in [-0.25, -0.2) is 9.78 Å². The molecule has 1 aliphatic rings. The lowest BCUT2D eigenvalue weighted by atomic mass is 10.2. The summed E-state index contributed by atoms with van der Waals surface area (Å²) in [6.45, 7) is 2.05. The van der Waals surface area contributed by atoms with Gasteiger partial charge in [-0.15, -0.1) is 11.3 Å². The van der Waals surface area contributed by atoms with E-state index in [4.69, 9.17) is 4.74 Å². The van der Waals surface area contributed by atoms with Gasteiger partial charge in [-0.1, -0.05) is 11.8 Å². The molecule has 0 bridgehead atoms. The summed E-state index contributed by atoms with van der Waals surface area (Å²) in [5.74, 6) is -0.433. The number of ether oxygens (including phenoxy) is 1. The normalized spacial score (nSPS) is 14.7. The van der Waals surface area contributed by atoms with Crippen LogP contribution >= 0.6 is 23.1 Å². The molecule has 1 saturated carbocycles. The second-order valence-corrected chi connectivity index (χ2v) is 6.59. The Hall–Kier alpha value is -1.34. The first-order chi connectivity index (χ1) is 9.71. The molecule has 0 unspecified atom stereocenters. The lowest BCUT2D eigenvalue weighted by Gasteiger charge is -2.08. The van der Waals surface area contributed by atoms with E-state index in [1.165, 1.54) is 11.3 Å². The quantitative estimate of drug-likeness (QED) is 0.482. The summed E-state index contributed by atoms with van der Waals surface area (Å²) >= 11 is 3.00. The molecule has 0 N–H and O–H groups in total. The average Bonchev–Trinajstić information content (AvgIpc) is 3.11. The van der Waals surface area contributed by atoms with E-state index in [2.05, 4.69) is 4.98 Å². The molecule has 2 heterocycles. The van der Waals surface area contributed by atoms with Gasteiger partial charge in [0.25, 0.3) is 0 Å². The summed E-state index contributed by atoms with van der Waals surface area (Å²) < 4.78 is 8.69. The minimum atomic E-state index is -0.433. The number of hydrogen-bond donors (Lipinski definition) is 0. The second kappa shape index (κ2) is 5.21. The first kappa shape index (κ1) is 13.6. The average molecular weight is 310 g/mol. The molecule has 0 spiro atoms. The molecule has 1 aliphatic carbocycles. The molecule has 5 nitrogen and oxygen atoms in total. The zero-order valence-electron chi connectivity index (χ0n) is 11.2. The van der Waals surface area contributed by atoms with Gasteiger partial charge in [0.15, 0.2) is 16.3 Å². The molecule has 0 aromatic carbocycles. The smallest absolute Gasteiger partial charge is 0.355 e. The molecule has 0 radical (unpaired) electrons. The highest BCUT2D eigenvalue weighted by atomic mass is 32.2. The molecular formula is C13H14N2O3S2. The number of aromatic nitrogens is 2. The number of hydrogen-bond acceptors (Lipinski definition) is 6. The van der Waals surface area contributed by atoms with Crippen molar-refractivity contribution in [2.24, 2.45) is 0 Å². The Morgan fingerprint density at radius 1 is 1.60 bits per heavy atom. The van der Waals surface area contributed by atoms with Crippen molar-refractivity contribution in [2.75, 3.05) is 12.9 Å². The van der Waals surface area contributed by atoms with Gasteiger partial charge in [-0.2, -0.15) is 0 Å². The number of rotatable bonds is 5. The van der Waals surface area contributed by atoms with Gasteiger partial charge in [0.05, 0.1) is 16.9 Å². The zero-order chi connectivity index (χ0) is 14.3. The van der Waals surface area contributed by atoms with E-state index in [-0.39, 0.29) is 6.04 Å². The molecule has 20 heavy (non-hydrogen) atoms. The molecule has 0 atom stereocenters. The number of aldehydes is 1. The van der Waals surface area contributed by atoms with E-state index >= 15 is 0 Å². The van der Waals surface area contributed by atoms with Crippen molar-refractivity contribution in [3.8, 4) is 0 Å². The second-order valence-electron chi connectivity index (χ2n) is 4.54. The fourth-order valence-corrected chi connectivity index (χ4v) is 3.83. The SMILES string of the molecule is CCOC(=O)c1c(C=O)c2sc(SC)nc2n1C1CC1. The predicted octanol–water partition coefficient (Wildman–Crippen LogP) is 3.14. The first-order valence-corrected chi connectivity index (χ1v) is 8.46. The van der Waals surface area contributed by atoms with Gasteiger partial charge in [-0.05, 0) is 26.0 Å². The molecule has 7 heteroatoms. The van der Waals surface area contributed by atoms with Gasteiger partial charge in [0.2, 0.25) is 0 Å². The third-order valence-electron chi connectivity index (χ3n) is 3.23. The predicted molar refractivity (Wildman–Crippen MR) is 79.0 cm³/mol.